The minimum Gasteiger partial charge on any atom is -0.453 e. The van der Waals surface area contributed by atoms with Gasteiger partial charge in [0.1, 0.15) is 5.58 Å². The van der Waals surface area contributed by atoms with Crippen LogP contribution < -0.4 is 0 Å². The van der Waals surface area contributed by atoms with Crippen LogP contribution in [0.2, 0.25) is 0 Å². The van der Waals surface area contributed by atoms with Gasteiger partial charge in [0, 0.05) is 27.7 Å². The first kappa shape index (κ1) is 20.6. The van der Waals surface area contributed by atoms with Crippen LogP contribution in [0.15, 0.2) is 98.2 Å². The molecule has 0 spiro atoms. The van der Waals surface area contributed by atoms with Crippen molar-refractivity contribution in [3.05, 3.63) is 95.7 Å². The van der Waals surface area contributed by atoms with Crippen LogP contribution in [0.5, 0.6) is 0 Å². The topological polar surface area (TPSA) is 68.9 Å². The molecule has 1 heterocycles. The molecule has 0 radical (unpaired) electrons. The lowest BCUT2D eigenvalue weighted by Gasteiger charge is -2.05. The van der Waals surface area contributed by atoms with Crippen molar-refractivity contribution in [1.29, 1.82) is 0 Å². The van der Waals surface area contributed by atoms with Gasteiger partial charge in [0.05, 0.1) is 5.71 Å². The van der Waals surface area contributed by atoms with Gasteiger partial charge >= 0.3 is 5.97 Å². The summed E-state index contributed by atoms with van der Waals surface area (Å²) < 4.78 is 5.68. The average Bonchev–Trinajstić information content (AvgIpc) is 3.22. The quantitative estimate of drug-likeness (QED) is 0.160. The maximum absolute atomic E-state index is 12.7. The molecule has 0 aliphatic heterocycles. The van der Waals surface area contributed by atoms with Gasteiger partial charge in [-0.05, 0) is 61.0 Å². The molecule has 0 aliphatic rings. The molecule has 154 valence electrons. The Morgan fingerprint density at radius 3 is 2.06 bits per heavy atom. The Balaban J connectivity index is 1.44. The zero-order valence-electron chi connectivity index (χ0n) is 17.0. The van der Waals surface area contributed by atoms with E-state index in [0.29, 0.717) is 22.6 Å². The fourth-order valence-electron chi connectivity index (χ4n) is 3.00. The van der Waals surface area contributed by atoms with Crippen LogP contribution in [0.25, 0.3) is 11.0 Å². The number of hydrogen-bond donors (Lipinski definition) is 0. The summed E-state index contributed by atoms with van der Waals surface area (Å²) in [6, 6.07) is 24.6. The molecule has 31 heavy (non-hydrogen) atoms. The molecule has 1 aromatic heterocycles. The molecule has 4 rings (SSSR count). The van der Waals surface area contributed by atoms with E-state index in [9.17, 15) is 9.59 Å². The number of carbonyl (C=O) groups excluding carboxylic acids is 2. The molecule has 0 fully saturated rings. The average molecular weight is 429 g/mol. The van der Waals surface area contributed by atoms with E-state index in [1.165, 1.54) is 6.92 Å². The van der Waals surface area contributed by atoms with Gasteiger partial charge in [0.25, 0.3) is 0 Å². The summed E-state index contributed by atoms with van der Waals surface area (Å²) in [5, 5.41) is 4.70. The van der Waals surface area contributed by atoms with E-state index in [-0.39, 0.29) is 5.78 Å². The van der Waals surface area contributed by atoms with Crippen molar-refractivity contribution >= 4 is 40.2 Å². The first-order chi connectivity index (χ1) is 15.0. The van der Waals surface area contributed by atoms with Crippen molar-refractivity contribution in [2.45, 2.75) is 23.6 Å². The third kappa shape index (κ3) is 4.92. The Hall–Kier alpha value is -3.64. The second-order valence-corrected chi connectivity index (χ2v) is 8.03. The molecular weight excluding hydrogens is 410 g/mol. The van der Waals surface area contributed by atoms with E-state index < -0.39 is 5.97 Å². The van der Waals surface area contributed by atoms with Crippen LogP contribution in [0, 0.1) is 0 Å². The van der Waals surface area contributed by atoms with Crippen LogP contribution in [-0.2, 0) is 9.63 Å². The van der Waals surface area contributed by atoms with Crippen molar-refractivity contribution in [3.8, 4) is 0 Å². The predicted octanol–water partition coefficient (Wildman–Crippen LogP) is 6.10. The number of furan rings is 1. The van der Waals surface area contributed by atoms with E-state index in [1.54, 1.807) is 24.8 Å². The van der Waals surface area contributed by atoms with Gasteiger partial charge < -0.3 is 9.25 Å². The van der Waals surface area contributed by atoms with Gasteiger partial charge in [-0.3, -0.25) is 4.79 Å². The third-order valence-corrected chi connectivity index (χ3v) is 5.60. The van der Waals surface area contributed by atoms with Crippen LogP contribution in [0.1, 0.15) is 35.5 Å². The fraction of sp³-hybridized carbons (Fsp3) is 0.0800. The SMILES string of the molecule is CC(=O)ON=C(C)c1ccc(Sc2ccc(C(=O)c3cc4ccccc4o3)cc2)cc1. The summed E-state index contributed by atoms with van der Waals surface area (Å²) in [5.41, 5.74) is 2.78. The van der Waals surface area contributed by atoms with Crippen molar-refractivity contribution in [3.63, 3.8) is 0 Å². The maximum Gasteiger partial charge on any atom is 0.331 e. The first-order valence-electron chi connectivity index (χ1n) is 9.63. The van der Waals surface area contributed by atoms with Crippen LogP contribution in [0.4, 0.5) is 0 Å². The van der Waals surface area contributed by atoms with E-state index in [0.717, 1.165) is 20.7 Å². The van der Waals surface area contributed by atoms with E-state index in [1.807, 2.05) is 72.8 Å². The molecule has 0 amide bonds. The molecule has 0 saturated carbocycles. The van der Waals surface area contributed by atoms with E-state index >= 15 is 0 Å². The van der Waals surface area contributed by atoms with Crippen molar-refractivity contribution < 1.29 is 18.8 Å². The molecule has 0 bridgehead atoms. The summed E-state index contributed by atoms with van der Waals surface area (Å²) in [7, 11) is 0. The lowest BCUT2D eigenvalue weighted by molar-refractivity contribution is -0.140. The van der Waals surface area contributed by atoms with Crippen molar-refractivity contribution in [2.75, 3.05) is 0 Å². The molecule has 4 aromatic rings. The fourth-order valence-corrected chi connectivity index (χ4v) is 3.81. The predicted molar refractivity (Wildman–Crippen MR) is 121 cm³/mol. The molecule has 0 N–H and O–H groups in total. The Labute approximate surface area is 183 Å². The molecule has 5 nitrogen and oxygen atoms in total. The third-order valence-electron chi connectivity index (χ3n) is 4.58. The summed E-state index contributed by atoms with van der Waals surface area (Å²) >= 11 is 1.59. The minimum atomic E-state index is -0.450. The molecule has 0 unspecified atom stereocenters. The number of carbonyl (C=O) groups is 2. The second-order valence-electron chi connectivity index (χ2n) is 6.89. The van der Waals surface area contributed by atoms with Gasteiger partial charge in [-0.1, -0.05) is 47.2 Å². The molecular formula is C25H19NO4S. The Morgan fingerprint density at radius 1 is 0.839 bits per heavy atom. The smallest absolute Gasteiger partial charge is 0.331 e. The van der Waals surface area contributed by atoms with Gasteiger partial charge in [-0.2, -0.15) is 0 Å². The highest BCUT2D eigenvalue weighted by atomic mass is 32.2. The number of rotatable bonds is 6. The Morgan fingerprint density at radius 2 is 1.45 bits per heavy atom. The zero-order valence-corrected chi connectivity index (χ0v) is 17.8. The summed E-state index contributed by atoms with van der Waals surface area (Å²) in [4.78, 5) is 30.3. The lowest BCUT2D eigenvalue weighted by Crippen LogP contribution is -1.99. The number of oxime groups is 1. The highest BCUT2D eigenvalue weighted by molar-refractivity contribution is 7.99. The second kappa shape index (κ2) is 9.02. The maximum atomic E-state index is 12.7. The van der Waals surface area contributed by atoms with Crippen molar-refractivity contribution in [1.82, 2.24) is 0 Å². The van der Waals surface area contributed by atoms with Crippen LogP contribution >= 0.6 is 11.8 Å². The highest BCUT2D eigenvalue weighted by Crippen LogP contribution is 2.29. The number of para-hydroxylation sites is 1. The Kier molecular flexibility index (Phi) is 6.00. The number of hydrogen-bond acceptors (Lipinski definition) is 6. The molecule has 3 aromatic carbocycles. The van der Waals surface area contributed by atoms with Crippen LogP contribution in [-0.4, -0.2) is 17.5 Å². The van der Waals surface area contributed by atoms with Gasteiger partial charge in [-0.15, -0.1) is 0 Å². The molecule has 6 heteroatoms. The van der Waals surface area contributed by atoms with Crippen LogP contribution in [0.3, 0.4) is 0 Å². The summed E-state index contributed by atoms with van der Waals surface area (Å²) in [6.07, 6.45) is 0. The largest absolute Gasteiger partial charge is 0.453 e. The van der Waals surface area contributed by atoms with Gasteiger partial charge in [0.15, 0.2) is 5.76 Å². The lowest BCUT2D eigenvalue weighted by atomic mass is 10.1. The number of ketones is 1. The number of nitrogens with zero attached hydrogens (tertiary/aromatic N) is 1. The van der Waals surface area contributed by atoms with E-state index in [2.05, 4.69) is 9.99 Å². The summed E-state index contributed by atoms with van der Waals surface area (Å²) in [5.74, 6) is -0.253. The highest BCUT2D eigenvalue weighted by Gasteiger charge is 2.14. The number of fused-ring (bicyclic) bond motifs is 1. The molecule has 0 saturated heterocycles. The zero-order chi connectivity index (χ0) is 21.8. The van der Waals surface area contributed by atoms with Crippen molar-refractivity contribution in [2.24, 2.45) is 5.16 Å². The minimum absolute atomic E-state index is 0.139. The standard InChI is InChI=1S/C25H19NO4S/c1-16(26-30-17(2)27)18-7-11-21(12-8-18)31-22-13-9-19(10-14-22)25(28)24-15-20-5-3-4-6-23(20)29-24/h3-15H,1-2H3. The number of benzene rings is 3. The monoisotopic (exact) mass is 429 g/mol. The Bertz CT molecular complexity index is 1240. The summed E-state index contributed by atoms with van der Waals surface area (Å²) in [6.45, 7) is 3.09. The molecule has 0 aliphatic carbocycles. The van der Waals surface area contributed by atoms with Gasteiger partial charge in [0.2, 0.25) is 5.78 Å². The van der Waals surface area contributed by atoms with E-state index in [4.69, 9.17) is 4.42 Å². The van der Waals surface area contributed by atoms with Gasteiger partial charge in [-0.25, -0.2) is 4.79 Å². The normalized spacial score (nSPS) is 11.5. The molecule has 0 atom stereocenters. The first-order valence-corrected chi connectivity index (χ1v) is 10.4.